The summed E-state index contributed by atoms with van der Waals surface area (Å²) in [4.78, 5) is 16.3. The van der Waals surface area contributed by atoms with Gasteiger partial charge in [-0.3, -0.25) is 4.79 Å². The molecule has 2 heterocycles. The zero-order valence-electron chi connectivity index (χ0n) is 13.6. The number of carbonyl (C=O) groups excluding carboxylic acids is 1. The summed E-state index contributed by atoms with van der Waals surface area (Å²) in [6, 6.07) is 9.49. The Morgan fingerprint density at radius 2 is 1.84 bits per heavy atom. The van der Waals surface area contributed by atoms with Crippen LogP contribution < -0.4 is 0 Å². The number of benzene rings is 1. The van der Waals surface area contributed by atoms with E-state index in [1.165, 1.54) is 12.3 Å². The second-order valence-electron chi connectivity index (χ2n) is 5.47. The van der Waals surface area contributed by atoms with E-state index in [0.717, 1.165) is 11.3 Å². The minimum absolute atomic E-state index is 0.192. The van der Waals surface area contributed by atoms with E-state index < -0.39 is 0 Å². The standard InChI is InChI=1S/C18H14Cl2N4O/c1-11-3-6-14(7-4-11)24-12(2)17(22-23-24)15(25)8-5-13-9-10-21-18(20)16(13)19/h3-10H,1-2H3. The van der Waals surface area contributed by atoms with Crippen molar-refractivity contribution in [1.82, 2.24) is 20.0 Å². The van der Waals surface area contributed by atoms with E-state index in [4.69, 9.17) is 23.2 Å². The van der Waals surface area contributed by atoms with Crippen LogP contribution in [0.1, 0.15) is 27.3 Å². The molecule has 0 aliphatic carbocycles. The summed E-state index contributed by atoms with van der Waals surface area (Å²) in [6.07, 6.45) is 4.51. The Bertz CT molecular complexity index is 962. The second-order valence-corrected chi connectivity index (χ2v) is 6.21. The molecule has 3 rings (SSSR count). The molecule has 0 radical (unpaired) electrons. The van der Waals surface area contributed by atoms with Crippen molar-refractivity contribution in [2.24, 2.45) is 0 Å². The van der Waals surface area contributed by atoms with Crippen LogP contribution in [0.2, 0.25) is 10.2 Å². The first-order chi connectivity index (χ1) is 12.0. The van der Waals surface area contributed by atoms with Gasteiger partial charge in [-0.05, 0) is 49.8 Å². The van der Waals surface area contributed by atoms with Crippen molar-refractivity contribution in [3.63, 3.8) is 0 Å². The molecule has 0 fully saturated rings. The summed E-state index contributed by atoms with van der Waals surface area (Å²) in [5.41, 5.74) is 3.56. The summed E-state index contributed by atoms with van der Waals surface area (Å²) < 4.78 is 1.64. The minimum atomic E-state index is -0.264. The summed E-state index contributed by atoms with van der Waals surface area (Å²) in [6.45, 7) is 3.81. The van der Waals surface area contributed by atoms with E-state index in [-0.39, 0.29) is 16.6 Å². The van der Waals surface area contributed by atoms with E-state index in [1.807, 2.05) is 31.2 Å². The van der Waals surface area contributed by atoms with Gasteiger partial charge < -0.3 is 0 Å². The highest BCUT2D eigenvalue weighted by molar-refractivity contribution is 6.42. The number of aromatic nitrogens is 4. The Hall–Kier alpha value is -2.50. The predicted octanol–water partition coefficient (Wildman–Crippen LogP) is 4.48. The smallest absolute Gasteiger partial charge is 0.208 e. The summed E-state index contributed by atoms with van der Waals surface area (Å²) in [5, 5.41) is 8.58. The number of hydrogen-bond donors (Lipinski definition) is 0. The molecule has 2 aromatic heterocycles. The highest BCUT2D eigenvalue weighted by Crippen LogP contribution is 2.24. The zero-order chi connectivity index (χ0) is 18.0. The topological polar surface area (TPSA) is 60.7 Å². The van der Waals surface area contributed by atoms with Crippen LogP contribution in [-0.4, -0.2) is 25.8 Å². The normalized spacial score (nSPS) is 11.2. The molecule has 5 nitrogen and oxygen atoms in total. The van der Waals surface area contributed by atoms with Crippen molar-refractivity contribution in [2.45, 2.75) is 13.8 Å². The van der Waals surface area contributed by atoms with Crippen molar-refractivity contribution in [2.75, 3.05) is 0 Å². The highest BCUT2D eigenvalue weighted by atomic mass is 35.5. The fraction of sp³-hybridized carbons (Fsp3) is 0.111. The highest BCUT2D eigenvalue weighted by Gasteiger charge is 2.15. The molecular weight excluding hydrogens is 359 g/mol. The zero-order valence-corrected chi connectivity index (χ0v) is 15.1. The molecule has 1 aromatic carbocycles. The van der Waals surface area contributed by atoms with Crippen LogP contribution in [0.4, 0.5) is 0 Å². The van der Waals surface area contributed by atoms with Crippen LogP contribution in [0.15, 0.2) is 42.6 Å². The first-order valence-electron chi connectivity index (χ1n) is 7.49. The molecule has 0 unspecified atom stereocenters. The van der Waals surface area contributed by atoms with Gasteiger partial charge in [-0.2, -0.15) is 0 Å². The fourth-order valence-corrected chi connectivity index (χ4v) is 2.63. The monoisotopic (exact) mass is 372 g/mol. The van der Waals surface area contributed by atoms with Crippen LogP contribution in [0.3, 0.4) is 0 Å². The molecule has 0 amide bonds. The molecule has 0 aliphatic heterocycles. The van der Waals surface area contributed by atoms with Crippen molar-refractivity contribution in [3.8, 4) is 5.69 Å². The average Bonchev–Trinajstić information content (AvgIpc) is 2.98. The number of allylic oxidation sites excluding steroid dienone is 1. The summed E-state index contributed by atoms with van der Waals surface area (Å²) >= 11 is 11.9. The van der Waals surface area contributed by atoms with Crippen molar-refractivity contribution >= 4 is 35.1 Å². The minimum Gasteiger partial charge on any atom is -0.287 e. The van der Waals surface area contributed by atoms with Crippen LogP contribution in [-0.2, 0) is 0 Å². The number of ketones is 1. The van der Waals surface area contributed by atoms with Gasteiger partial charge in [0.2, 0.25) is 5.78 Å². The lowest BCUT2D eigenvalue weighted by molar-refractivity contribution is 0.104. The number of rotatable bonds is 4. The molecule has 0 N–H and O–H groups in total. The lowest BCUT2D eigenvalue weighted by atomic mass is 10.1. The number of carbonyl (C=O) groups is 1. The lowest BCUT2D eigenvalue weighted by Gasteiger charge is -2.03. The number of hydrogen-bond acceptors (Lipinski definition) is 4. The van der Waals surface area contributed by atoms with Gasteiger partial charge in [0.1, 0.15) is 5.15 Å². The summed E-state index contributed by atoms with van der Waals surface area (Å²) in [7, 11) is 0. The van der Waals surface area contributed by atoms with E-state index in [0.29, 0.717) is 16.3 Å². The maximum Gasteiger partial charge on any atom is 0.208 e. The third-order valence-corrected chi connectivity index (χ3v) is 4.48. The molecule has 25 heavy (non-hydrogen) atoms. The van der Waals surface area contributed by atoms with Gasteiger partial charge in [0.05, 0.1) is 16.4 Å². The molecule has 7 heteroatoms. The van der Waals surface area contributed by atoms with Gasteiger partial charge in [-0.15, -0.1) is 5.10 Å². The molecule has 0 spiro atoms. The molecular formula is C18H14Cl2N4O. The third kappa shape index (κ3) is 3.62. The molecule has 3 aromatic rings. The van der Waals surface area contributed by atoms with Crippen molar-refractivity contribution in [1.29, 1.82) is 0 Å². The molecule has 126 valence electrons. The van der Waals surface area contributed by atoms with Crippen LogP contribution in [0, 0.1) is 13.8 Å². The fourth-order valence-electron chi connectivity index (χ4n) is 2.29. The Labute approximate surface area is 154 Å². The maximum absolute atomic E-state index is 12.4. The first kappa shape index (κ1) is 17.3. The maximum atomic E-state index is 12.4. The lowest BCUT2D eigenvalue weighted by Crippen LogP contribution is -2.02. The van der Waals surface area contributed by atoms with Gasteiger partial charge >= 0.3 is 0 Å². The number of aryl methyl sites for hydroxylation is 1. The van der Waals surface area contributed by atoms with Gasteiger partial charge in [0.25, 0.3) is 0 Å². The van der Waals surface area contributed by atoms with Crippen molar-refractivity contribution in [3.05, 3.63) is 75.3 Å². The van der Waals surface area contributed by atoms with Gasteiger partial charge in [0, 0.05) is 6.20 Å². The van der Waals surface area contributed by atoms with E-state index >= 15 is 0 Å². The largest absolute Gasteiger partial charge is 0.287 e. The second kappa shape index (κ2) is 7.17. The summed E-state index contributed by atoms with van der Waals surface area (Å²) in [5.74, 6) is -0.264. The van der Waals surface area contributed by atoms with Crippen LogP contribution in [0.5, 0.6) is 0 Å². The number of halogens is 2. The van der Waals surface area contributed by atoms with Gasteiger partial charge in [0.15, 0.2) is 5.69 Å². The van der Waals surface area contributed by atoms with Crippen molar-refractivity contribution < 1.29 is 4.79 Å². The first-order valence-corrected chi connectivity index (χ1v) is 8.24. The van der Waals surface area contributed by atoms with Crippen LogP contribution >= 0.6 is 23.2 Å². The van der Waals surface area contributed by atoms with E-state index in [1.54, 1.807) is 23.7 Å². The average molecular weight is 373 g/mol. The Morgan fingerprint density at radius 1 is 1.12 bits per heavy atom. The van der Waals surface area contributed by atoms with Crippen LogP contribution in [0.25, 0.3) is 11.8 Å². The van der Waals surface area contributed by atoms with E-state index in [9.17, 15) is 4.79 Å². The van der Waals surface area contributed by atoms with Gasteiger partial charge in [-0.1, -0.05) is 46.1 Å². The number of pyridine rings is 1. The molecule has 0 bridgehead atoms. The Kier molecular flexibility index (Phi) is 4.97. The molecule has 0 saturated heterocycles. The third-order valence-electron chi connectivity index (χ3n) is 3.70. The molecule has 0 atom stereocenters. The SMILES string of the molecule is Cc1ccc(-n2nnc(C(=O)C=Cc3ccnc(Cl)c3Cl)c2C)cc1. The van der Waals surface area contributed by atoms with Gasteiger partial charge in [-0.25, -0.2) is 9.67 Å². The predicted molar refractivity (Wildman–Crippen MR) is 98.5 cm³/mol. The Morgan fingerprint density at radius 3 is 2.56 bits per heavy atom. The molecule has 0 saturated carbocycles. The van der Waals surface area contributed by atoms with E-state index in [2.05, 4.69) is 15.3 Å². The number of nitrogens with zero attached hydrogens (tertiary/aromatic N) is 4. The molecule has 0 aliphatic rings. The quantitative estimate of drug-likeness (QED) is 0.384. The Balaban J connectivity index is 1.87.